The van der Waals surface area contributed by atoms with Crippen LogP contribution in [0.3, 0.4) is 0 Å². The smallest absolute Gasteiger partial charge is 0.0986 e. The van der Waals surface area contributed by atoms with Crippen LogP contribution in [-0.4, -0.2) is 49.2 Å². The highest BCUT2D eigenvalue weighted by Gasteiger charge is 2.43. The number of ether oxygens (including phenoxy) is 2. The van der Waals surface area contributed by atoms with Gasteiger partial charge in [0.25, 0.3) is 0 Å². The number of hydrogen-bond acceptors (Lipinski definition) is 4. The van der Waals surface area contributed by atoms with E-state index in [-0.39, 0.29) is 12.2 Å². The fourth-order valence-corrected chi connectivity index (χ4v) is 3.60. The average Bonchev–Trinajstić information content (AvgIpc) is 2.43. The Balaban J connectivity index is 1.73. The number of aliphatic hydroxyl groups is 1. The fourth-order valence-electron chi connectivity index (χ4n) is 3.60. The maximum Gasteiger partial charge on any atom is 0.0986 e. The second-order valence-electron chi connectivity index (χ2n) is 6.49. The molecule has 2 aliphatic rings. The highest BCUT2D eigenvalue weighted by molar-refractivity contribution is 4.99. The van der Waals surface area contributed by atoms with Crippen LogP contribution in [-0.2, 0) is 9.47 Å². The SMILES string of the molecule is CCOC1CC(NCC2(O)CCC(CC)CC2)C1OC. The van der Waals surface area contributed by atoms with Crippen LogP contribution in [0.15, 0.2) is 0 Å². The monoisotopic (exact) mass is 285 g/mol. The van der Waals surface area contributed by atoms with E-state index in [1.165, 1.54) is 6.42 Å². The quantitative estimate of drug-likeness (QED) is 0.752. The van der Waals surface area contributed by atoms with Crippen LogP contribution in [0.5, 0.6) is 0 Å². The van der Waals surface area contributed by atoms with Crippen LogP contribution >= 0.6 is 0 Å². The van der Waals surface area contributed by atoms with Crippen LogP contribution in [0, 0.1) is 5.92 Å². The molecule has 2 aliphatic carbocycles. The average molecular weight is 285 g/mol. The fraction of sp³-hybridized carbons (Fsp3) is 1.00. The molecule has 0 aromatic rings. The third-order valence-corrected chi connectivity index (χ3v) is 5.21. The maximum absolute atomic E-state index is 10.6. The van der Waals surface area contributed by atoms with Gasteiger partial charge in [0.2, 0.25) is 0 Å². The summed E-state index contributed by atoms with van der Waals surface area (Å²) in [4.78, 5) is 0. The Morgan fingerprint density at radius 2 is 1.95 bits per heavy atom. The predicted octanol–water partition coefficient (Wildman–Crippen LogP) is 2.10. The van der Waals surface area contributed by atoms with Crippen LogP contribution < -0.4 is 5.32 Å². The van der Waals surface area contributed by atoms with Gasteiger partial charge in [-0.25, -0.2) is 0 Å². The van der Waals surface area contributed by atoms with Crippen LogP contribution in [0.2, 0.25) is 0 Å². The zero-order valence-electron chi connectivity index (χ0n) is 13.2. The number of nitrogens with one attached hydrogen (secondary N) is 1. The minimum Gasteiger partial charge on any atom is -0.389 e. The first-order valence-electron chi connectivity index (χ1n) is 8.22. The summed E-state index contributed by atoms with van der Waals surface area (Å²) in [7, 11) is 1.74. The lowest BCUT2D eigenvalue weighted by molar-refractivity contribution is -0.135. The summed E-state index contributed by atoms with van der Waals surface area (Å²) in [6.45, 7) is 5.69. The molecule has 0 heterocycles. The molecular formula is C16H31NO3. The Kier molecular flexibility index (Phi) is 5.84. The molecule has 2 N–H and O–H groups in total. The molecule has 118 valence electrons. The molecule has 3 atom stereocenters. The van der Waals surface area contributed by atoms with Gasteiger partial charge in [0, 0.05) is 26.3 Å². The molecule has 0 saturated heterocycles. The molecule has 2 fully saturated rings. The van der Waals surface area contributed by atoms with Crippen molar-refractivity contribution < 1.29 is 14.6 Å². The van der Waals surface area contributed by atoms with Gasteiger partial charge >= 0.3 is 0 Å². The highest BCUT2D eigenvalue weighted by atomic mass is 16.5. The van der Waals surface area contributed by atoms with Crippen molar-refractivity contribution >= 4 is 0 Å². The summed E-state index contributed by atoms with van der Waals surface area (Å²) in [5.41, 5.74) is -0.513. The number of methoxy groups -OCH3 is 1. The normalized spacial score (nSPS) is 41.4. The minimum atomic E-state index is -0.513. The van der Waals surface area contributed by atoms with Crippen molar-refractivity contribution in [3.8, 4) is 0 Å². The van der Waals surface area contributed by atoms with Crippen molar-refractivity contribution in [1.29, 1.82) is 0 Å². The summed E-state index contributed by atoms with van der Waals surface area (Å²) < 4.78 is 11.1. The van der Waals surface area contributed by atoms with E-state index in [0.29, 0.717) is 12.6 Å². The molecule has 0 amide bonds. The zero-order valence-corrected chi connectivity index (χ0v) is 13.2. The van der Waals surface area contributed by atoms with Crippen LogP contribution in [0.1, 0.15) is 52.4 Å². The van der Waals surface area contributed by atoms with Gasteiger partial charge in [0.05, 0.1) is 17.8 Å². The Morgan fingerprint density at radius 1 is 1.25 bits per heavy atom. The molecule has 2 saturated carbocycles. The molecule has 4 nitrogen and oxygen atoms in total. The molecule has 3 unspecified atom stereocenters. The highest BCUT2D eigenvalue weighted by Crippen LogP contribution is 2.34. The Morgan fingerprint density at radius 3 is 2.50 bits per heavy atom. The molecule has 0 aliphatic heterocycles. The Labute approximate surface area is 123 Å². The van der Waals surface area contributed by atoms with E-state index in [2.05, 4.69) is 12.2 Å². The number of rotatable bonds is 7. The molecular weight excluding hydrogens is 254 g/mol. The summed E-state index contributed by atoms with van der Waals surface area (Å²) >= 11 is 0. The summed E-state index contributed by atoms with van der Waals surface area (Å²) in [5.74, 6) is 0.813. The second kappa shape index (κ2) is 7.21. The molecule has 0 aromatic carbocycles. The second-order valence-corrected chi connectivity index (χ2v) is 6.49. The molecule has 2 rings (SSSR count). The third kappa shape index (κ3) is 3.73. The van der Waals surface area contributed by atoms with E-state index in [0.717, 1.165) is 44.6 Å². The summed E-state index contributed by atoms with van der Waals surface area (Å²) in [5, 5.41) is 14.1. The van der Waals surface area contributed by atoms with E-state index in [4.69, 9.17) is 9.47 Å². The van der Waals surface area contributed by atoms with Crippen molar-refractivity contribution in [3.63, 3.8) is 0 Å². The van der Waals surface area contributed by atoms with Crippen molar-refractivity contribution in [2.24, 2.45) is 5.92 Å². The first kappa shape index (κ1) is 16.2. The van der Waals surface area contributed by atoms with E-state index >= 15 is 0 Å². The minimum absolute atomic E-state index is 0.130. The van der Waals surface area contributed by atoms with Gasteiger partial charge in [-0.2, -0.15) is 0 Å². The molecule has 0 aromatic heterocycles. The van der Waals surface area contributed by atoms with E-state index in [9.17, 15) is 5.11 Å². The molecule has 0 radical (unpaired) electrons. The van der Waals surface area contributed by atoms with Crippen LogP contribution in [0.4, 0.5) is 0 Å². The molecule has 20 heavy (non-hydrogen) atoms. The van der Waals surface area contributed by atoms with Crippen molar-refractivity contribution in [1.82, 2.24) is 5.32 Å². The largest absolute Gasteiger partial charge is 0.389 e. The van der Waals surface area contributed by atoms with E-state index in [1.807, 2.05) is 6.92 Å². The van der Waals surface area contributed by atoms with Gasteiger partial charge in [-0.1, -0.05) is 13.3 Å². The Bertz CT molecular complexity index is 289. The first-order valence-corrected chi connectivity index (χ1v) is 8.22. The van der Waals surface area contributed by atoms with Gasteiger partial charge in [-0.3, -0.25) is 0 Å². The van der Waals surface area contributed by atoms with Gasteiger partial charge in [-0.05, 0) is 44.9 Å². The summed E-state index contributed by atoms with van der Waals surface area (Å²) in [6, 6.07) is 0.324. The number of hydrogen-bond donors (Lipinski definition) is 2. The molecule has 4 heteroatoms. The molecule has 0 spiro atoms. The lowest BCUT2D eigenvalue weighted by Gasteiger charge is -2.45. The van der Waals surface area contributed by atoms with Crippen molar-refractivity contribution in [3.05, 3.63) is 0 Å². The van der Waals surface area contributed by atoms with Gasteiger partial charge in [0.1, 0.15) is 0 Å². The maximum atomic E-state index is 10.6. The molecule has 0 bridgehead atoms. The van der Waals surface area contributed by atoms with Gasteiger partial charge in [0.15, 0.2) is 0 Å². The zero-order chi connectivity index (χ0) is 14.6. The lowest BCUT2D eigenvalue weighted by Crippen LogP contribution is -2.62. The van der Waals surface area contributed by atoms with Crippen LogP contribution in [0.25, 0.3) is 0 Å². The standard InChI is InChI=1S/C16H31NO3/c1-4-12-6-8-16(18,9-7-12)11-17-13-10-14(20-5-2)15(13)19-3/h12-15,17-18H,4-11H2,1-3H3. The lowest BCUT2D eigenvalue weighted by atomic mass is 9.77. The first-order chi connectivity index (χ1) is 9.61. The van der Waals surface area contributed by atoms with Crippen molar-refractivity contribution in [2.75, 3.05) is 20.3 Å². The van der Waals surface area contributed by atoms with Gasteiger partial charge < -0.3 is 19.9 Å². The van der Waals surface area contributed by atoms with E-state index in [1.54, 1.807) is 7.11 Å². The van der Waals surface area contributed by atoms with Crippen molar-refractivity contribution in [2.45, 2.75) is 76.2 Å². The van der Waals surface area contributed by atoms with E-state index < -0.39 is 5.60 Å². The van der Waals surface area contributed by atoms with Gasteiger partial charge in [-0.15, -0.1) is 0 Å². The third-order valence-electron chi connectivity index (χ3n) is 5.21. The predicted molar refractivity (Wildman–Crippen MR) is 79.8 cm³/mol. The Hall–Kier alpha value is -0.160. The summed E-state index contributed by atoms with van der Waals surface area (Å²) in [6.07, 6.45) is 6.76. The topological polar surface area (TPSA) is 50.7 Å².